The van der Waals surface area contributed by atoms with Gasteiger partial charge in [0.1, 0.15) is 5.82 Å². The van der Waals surface area contributed by atoms with Gasteiger partial charge < -0.3 is 11.1 Å². The Kier molecular flexibility index (Phi) is 4.26. The third-order valence-electron chi connectivity index (χ3n) is 3.96. The molecule has 124 valence electrons. The van der Waals surface area contributed by atoms with Crippen molar-refractivity contribution in [2.45, 2.75) is 6.42 Å². The van der Waals surface area contributed by atoms with Gasteiger partial charge in [-0.3, -0.25) is 0 Å². The van der Waals surface area contributed by atoms with Gasteiger partial charge in [0.25, 0.3) is 0 Å². The highest BCUT2D eigenvalue weighted by atomic mass is 32.1. The second-order valence-corrected chi connectivity index (χ2v) is 6.64. The van der Waals surface area contributed by atoms with Crippen LogP contribution in [0.4, 0.5) is 11.5 Å². The summed E-state index contributed by atoms with van der Waals surface area (Å²) in [5, 5.41) is 14.6. The number of rotatable bonds is 5. The van der Waals surface area contributed by atoms with E-state index in [4.69, 9.17) is 5.73 Å². The lowest BCUT2D eigenvalue weighted by atomic mass is 10.1. The van der Waals surface area contributed by atoms with Crippen molar-refractivity contribution >= 4 is 33.7 Å². The molecule has 3 N–H and O–H groups in total. The SMILES string of the molecule is Nc1cc(NCCc2cccnn2)c2ccc(-c3cccs3)cc2n1. The summed E-state index contributed by atoms with van der Waals surface area (Å²) >= 11 is 1.72. The van der Waals surface area contributed by atoms with Crippen LogP contribution in [0.2, 0.25) is 0 Å². The summed E-state index contributed by atoms with van der Waals surface area (Å²) in [6.07, 6.45) is 2.48. The number of hydrogen-bond acceptors (Lipinski definition) is 6. The number of nitrogens with two attached hydrogens (primary N) is 1. The van der Waals surface area contributed by atoms with E-state index in [-0.39, 0.29) is 0 Å². The van der Waals surface area contributed by atoms with Crippen LogP contribution in [0.25, 0.3) is 21.3 Å². The van der Waals surface area contributed by atoms with E-state index in [0.29, 0.717) is 5.82 Å². The van der Waals surface area contributed by atoms with E-state index in [1.54, 1.807) is 17.5 Å². The largest absolute Gasteiger partial charge is 0.384 e. The highest BCUT2D eigenvalue weighted by Crippen LogP contribution is 2.31. The quantitative estimate of drug-likeness (QED) is 0.571. The summed E-state index contributed by atoms with van der Waals surface area (Å²) in [4.78, 5) is 5.72. The second kappa shape index (κ2) is 6.86. The second-order valence-electron chi connectivity index (χ2n) is 5.70. The van der Waals surface area contributed by atoms with Gasteiger partial charge in [0.15, 0.2) is 0 Å². The molecule has 4 aromatic rings. The third kappa shape index (κ3) is 3.44. The van der Waals surface area contributed by atoms with E-state index >= 15 is 0 Å². The van der Waals surface area contributed by atoms with Crippen LogP contribution in [0.3, 0.4) is 0 Å². The van der Waals surface area contributed by atoms with E-state index in [2.05, 4.69) is 56.2 Å². The van der Waals surface area contributed by atoms with Crippen molar-refractivity contribution in [3.63, 3.8) is 0 Å². The van der Waals surface area contributed by atoms with Gasteiger partial charge in [0.2, 0.25) is 0 Å². The molecule has 0 unspecified atom stereocenters. The first-order valence-electron chi connectivity index (χ1n) is 8.04. The third-order valence-corrected chi connectivity index (χ3v) is 4.88. The molecule has 0 atom stereocenters. The van der Waals surface area contributed by atoms with Crippen LogP contribution in [-0.4, -0.2) is 21.7 Å². The van der Waals surface area contributed by atoms with Crippen LogP contribution in [-0.2, 0) is 6.42 Å². The maximum atomic E-state index is 6.01. The number of benzene rings is 1. The number of nitrogens with zero attached hydrogens (tertiary/aromatic N) is 3. The Morgan fingerprint density at radius 2 is 2.04 bits per heavy atom. The first kappa shape index (κ1) is 15.5. The predicted molar refractivity (Wildman–Crippen MR) is 104 cm³/mol. The zero-order chi connectivity index (χ0) is 17.1. The number of fused-ring (bicyclic) bond motifs is 1. The van der Waals surface area contributed by atoms with Crippen LogP contribution in [0, 0.1) is 0 Å². The Balaban J connectivity index is 1.60. The number of hydrogen-bond donors (Lipinski definition) is 2. The first-order chi connectivity index (χ1) is 12.3. The molecule has 0 radical (unpaired) electrons. The molecule has 5 nitrogen and oxygen atoms in total. The highest BCUT2D eigenvalue weighted by molar-refractivity contribution is 7.13. The predicted octanol–water partition coefficient (Wildman–Crippen LogP) is 3.99. The molecule has 3 heterocycles. The molecule has 0 aliphatic heterocycles. The first-order valence-corrected chi connectivity index (χ1v) is 8.92. The summed E-state index contributed by atoms with van der Waals surface area (Å²) in [5.74, 6) is 0.512. The molecule has 0 saturated carbocycles. The number of nitrogens with one attached hydrogen (secondary N) is 1. The van der Waals surface area contributed by atoms with Crippen molar-refractivity contribution in [3.8, 4) is 10.4 Å². The number of anilines is 2. The minimum atomic E-state index is 0.512. The van der Waals surface area contributed by atoms with Crippen LogP contribution < -0.4 is 11.1 Å². The average Bonchev–Trinajstić information content (AvgIpc) is 3.16. The molecule has 0 aliphatic rings. The molecule has 0 spiro atoms. The minimum absolute atomic E-state index is 0.512. The molecule has 3 aromatic heterocycles. The van der Waals surface area contributed by atoms with Crippen molar-refractivity contribution < 1.29 is 0 Å². The molecule has 25 heavy (non-hydrogen) atoms. The van der Waals surface area contributed by atoms with Crippen molar-refractivity contribution in [2.24, 2.45) is 0 Å². The lowest BCUT2D eigenvalue weighted by Crippen LogP contribution is -2.07. The summed E-state index contributed by atoms with van der Waals surface area (Å²) in [7, 11) is 0. The van der Waals surface area contributed by atoms with Gasteiger partial charge in [-0.2, -0.15) is 10.2 Å². The molecule has 0 amide bonds. The maximum Gasteiger partial charge on any atom is 0.126 e. The van der Waals surface area contributed by atoms with Crippen molar-refractivity contribution in [2.75, 3.05) is 17.6 Å². The molecule has 0 bridgehead atoms. The van der Waals surface area contributed by atoms with Crippen molar-refractivity contribution in [1.82, 2.24) is 15.2 Å². The lowest BCUT2D eigenvalue weighted by Gasteiger charge is -2.11. The van der Waals surface area contributed by atoms with E-state index < -0.39 is 0 Å². The lowest BCUT2D eigenvalue weighted by molar-refractivity contribution is 0.888. The average molecular weight is 347 g/mol. The fraction of sp³-hybridized carbons (Fsp3) is 0.105. The fourth-order valence-electron chi connectivity index (χ4n) is 2.78. The van der Waals surface area contributed by atoms with Gasteiger partial charge in [0, 0.05) is 41.2 Å². The van der Waals surface area contributed by atoms with E-state index in [1.807, 2.05) is 18.2 Å². The summed E-state index contributed by atoms with van der Waals surface area (Å²) in [6.45, 7) is 0.754. The van der Waals surface area contributed by atoms with Gasteiger partial charge in [-0.15, -0.1) is 11.3 Å². The molecular formula is C19H17N5S. The monoisotopic (exact) mass is 347 g/mol. The molecular weight excluding hydrogens is 330 g/mol. The van der Waals surface area contributed by atoms with E-state index in [0.717, 1.165) is 40.8 Å². The molecule has 0 aliphatic carbocycles. The van der Waals surface area contributed by atoms with Gasteiger partial charge in [0.05, 0.1) is 11.2 Å². The maximum absolute atomic E-state index is 6.01. The van der Waals surface area contributed by atoms with Crippen LogP contribution >= 0.6 is 11.3 Å². The summed E-state index contributed by atoms with van der Waals surface area (Å²) in [6, 6.07) is 16.2. The van der Waals surface area contributed by atoms with E-state index in [1.165, 1.54) is 4.88 Å². The minimum Gasteiger partial charge on any atom is -0.384 e. The van der Waals surface area contributed by atoms with Crippen molar-refractivity contribution in [1.29, 1.82) is 0 Å². The number of thiophene rings is 1. The van der Waals surface area contributed by atoms with Gasteiger partial charge in [-0.05, 0) is 35.2 Å². The van der Waals surface area contributed by atoms with Gasteiger partial charge >= 0.3 is 0 Å². The molecule has 1 aromatic carbocycles. The molecule has 0 fully saturated rings. The van der Waals surface area contributed by atoms with Gasteiger partial charge in [-0.25, -0.2) is 4.98 Å². The zero-order valence-corrected chi connectivity index (χ0v) is 14.3. The molecule has 0 saturated heterocycles. The Morgan fingerprint density at radius 3 is 2.84 bits per heavy atom. The van der Waals surface area contributed by atoms with E-state index in [9.17, 15) is 0 Å². The smallest absolute Gasteiger partial charge is 0.126 e. The number of pyridine rings is 1. The summed E-state index contributed by atoms with van der Waals surface area (Å²) in [5.41, 5.74) is 10.0. The Bertz CT molecular complexity index is 984. The molecule has 4 rings (SSSR count). The normalized spacial score (nSPS) is 10.9. The van der Waals surface area contributed by atoms with Crippen LogP contribution in [0.1, 0.15) is 5.69 Å². The zero-order valence-electron chi connectivity index (χ0n) is 13.5. The Hall–Kier alpha value is -2.99. The Labute approximate surface area is 149 Å². The van der Waals surface area contributed by atoms with Crippen molar-refractivity contribution in [3.05, 3.63) is 65.8 Å². The van der Waals surface area contributed by atoms with Crippen LogP contribution in [0.15, 0.2) is 60.1 Å². The molecule has 6 heteroatoms. The highest BCUT2D eigenvalue weighted by Gasteiger charge is 2.07. The fourth-order valence-corrected chi connectivity index (χ4v) is 3.51. The van der Waals surface area contributed by atoms with Gasteiger partial charge in [-0.1, -0.05) is 18.2 Å². The number of aromatic nitrogens is 3. The summed E-state index contributed by atoms with van der Waals surface area (Å²) < 4.78 is 0. The Morgan fingerprint density at radius 1 is 1.08 bits per heavy atom. The number of nitrogen functional groups attached to an aromatic ring is 1. The standard InChI is InChI=1S/C19H17N5S/c20-19-12-16(21-9-7-14-3-1-8-22-24-14)15-6-5-13(11-17(15)23-19)18-4-2-10-25-18/h1-6,8,10-12H,7,9H2,(H3,20,21,23). The van der Waals surface area contributed by atoms with Crippen LogP contribution in [0.5, 0.6) is 0 Å². The topological polar surface area (TPSA) is 76.7 Å².